The molecule has 25 heavy (non-hydrogen) atoms. The minimum atomic E-state index is -0.233. The molecule has 0 bridgehead atoms. The van der Waals surface area contributed by atoms with E-state index in [1.165, 1.54) is 16.7 Å². The molecule has 1 aliphatic carbocycles. The van der Waals surface area contributed by atoms with Crippen molar-refractivity contribution >= 4 is 5.91 Å². The Kier molecular flexibility index (Phi) is 3.60. The Morgan fingerprint density at radius 3 is 2.76 bits per heavy atom. The average molecular weight is 336 g/mol. The number of hydrogen-bond acceptors (Lipinski definition) is 3. The standard InChI is InChI=1S/C21H24N2O2/c1-15(24)23-10-9-18-20(2,14-23)12-17-13-22-25-19(17)21(18,3)11-16-7-5-4-6-8-16/h4-9,13H,10-12,14H2,1-3H3/t20-,21-/m0/s1. The molecule has 0 N–H and O–H groups in total. The molecule has 1 aliphatic heterocycles. The lowest BCUT2D eigenvalue weighted by Crippen LogP contribution is -2.52. The van der Waals surface area contributed by atoms with Crippen LogP contribution >= 0.6 is 0 Å². The zero-order chi connectivity index (χ0) is 17.7. The highest BCUT2D eigenvalue weighted by Gasteiger charge is 2.51. The fourth-order valence-corrected chi connectivity index (χ4v) is 4.86. The minimum Gasteiger partial charge on any atom is -0.360 e. The number of rotatable bonds is 2. The highest BCUT2D eigenvalue weighted by molar-refractivity contribution is 5.74. The van der Waals surface area contributed by atoms with Crippen LogP contribution in [0.25, 0.3) is 0 Å². The molecule has 0 spiro atoms. The number of carbonyl (C=O) groups excluding carboxylic acids is 1. The second-order valence-electron chi connectivity index (χ2n) is 7.93. The Morgan fingerprint density at radius 1 is 1.28 bits per heavy atom. The van der Waals surface area contributed by atoms with E-state index >= 15 is 0 Å². The van der Waals surface area contributed by atoms with Crippen LogP contribution in [0.4, 0.5) is 0 Å². The Morgan fingerprint density at radius 2 is 2.04 bits per heavy atom. The Labute approximate surface area is 148 Å². The molecule has 4 rings (SSSR count). The van der Waals surface area contributed by atoms with E-state index in [9.17, 15) is 4.79 Å². The van der Waals surface area contributed by atoms with Crippen molar-refractivity contribution in [3.63, 3.8) is 0 Å². The normalized spacial score (nSPS) is 28.1. The first-order valence-electron chi connectivity index (χ1n) is 8.87. The number of hydrogen-bond donors (Lipinski definition) is 0. The van der Waals surface area contributed by atoms with Crippen LogP contribution in [0.15, 0.2) is 52.7 Å². The molecule has 2 aromatic rings. The number of carbonyl (C=O) groups is 1. The molecule has 0 unspecified atom stereocenters. The van der Waals surface area contributed by atoms with Gasteiger partial charge in [-0.1, -0.05) is 54.1 Å². The van der Waals surface area contributed by atoms with Gasteiger partial charge in [0.05, 0.1) is 11.6 Å². The summed E-state index contributed by atoms with van der Waals surface area (Å²) in [4.78, 5) is 13.9. The van der Waals surface area contributed by atoms with Crippen LogP contribution < -0.4 is 0 Å². The van der Waals surface area contributed by atoms with Gasteiger partial charge in [-0.05, 0) is 25.3 Å². The molecule has 2 atom stereocenters. The lowest BCUT2D eigenvalue weighted by molar-refractivity contribution is -0.130. The molecular formula is C21H24N2O2. The largest absolute Gasteiger partial charge is 0.360 e. The van der Waals surface area contributed by atoms with Crippen molar-refractivity contribution in [3.05, 3.63) is 65.1 Å². The van der Waals surface area contributed by atoms with Crippen LogP contribution in [0, 0.1) is 5.41 Å². The van der Waals surface area contributed by atoms with Gasteiger partial charge in [-0.2, -0.15) is 0 Å². The lowest BCUT2D eigenvalue weighted by Gasteiger charge is -2.50. The van der Waals surface area contributed by atoms with Crippen LogP contribution in [-0.4, -0.2) is 29.1 Å². The number of fused-ring (bicyclic) bond motifs is 2. The zero-order valence-corrected chi connectivity index (χ0v) is 15.1. The van der Waals surface area contributed by atoms with Gasteiger partial charge in [0.25, 0.3) is 0 Å². The van der Waals surface area contributed by atoms with Gasteiger partial charge < -0.3 is 9.42 Å². The lowest BCUT2D eigenvalue weighted by atomic mass is 9.57. The third-order valence-electron chi connectivity index (χ3n) is 5.87. The molecule has 0 saturated carbocycles. The van der Waals surface area contributed by atoms with E-state index in [0.29, 0.717) is 6.54 Å². The second kappa shape index (κ2) is 5.58. The molecule has 1 aromatic carbocycles. The molecule has 1 amide bonds. The van der Waals surface area contributed by atoms with Gasteiger partial charge in [0, 0.05) is 31.0 Å². The number of benzene rings is 1. The van der Waals surface area contributed by atoms with Crippen LogP contribution in [0.3, 0.4) is 0 Å². The van der Waals surface area contributed by atoms with Crippen molar-refractivity contribution in [3.8, 4) is 0 Å². The quantitative estimate of drug-likeness (QED) is 0.788. The summed E-state index contributed by atoms with van der Waals surface area (Å²) in [5, 5.41) is 4.10. The Bertz CT molecular complexity index is 839. The van der Waals surface area contributed by atoms with Gasteiger partial charge >= 0.3 is 0 Å². The molecule has 0 radical (unpaired) electrons. The summed E-state index contributed by atoms with van der Waals surface area (Å²) in [7, 11) is 0. The predicted octanol–water partition coefficient (Wildman–Crippen LogP) is 3.53. The zero-order valence-electron chi connectivity index (χ0n) is 15.1. The van der Waals surface area contributed by atoms with Crippen LogP contribution in [0.5, 0.6) is 0 Å². The summed E-state index contributed by atoms with van der Waals surface area (Å²) in [6.07, 6.45) is 5.84. The second-order valence-corrected chi connectivity index (χ2v) is 7.93. The van der Waals surface area contributed by atoms with Crippen molar-refractivity contribution in [2.24, 2.45) is 5.41 Å². The van der Waals surface area contributed by atoms with Crippen molar-refractivity contribution in [2.45, 2.75) is 39.0 Å². The van der Waals surface area contributed by atoms with E-state index in [4.69, 9.17) is 4.52 Å². The molecular weight excluding hydrogens is 312 g/mol. The van der Waals surface area contributed by atoms with Crippen molar-refractivity contribution in [1.29, 1.82) is 0 Å². The first-order valence-corrected chi connectivity index (χ1v) is 8.87. The summed E-state index contributed by atoms with van der Waals surface area (Å²) >= 11 is 0. The summed E-state index contributed by atoms with van der Waals surface area (Å²) in [6, 6.07) is 10.5. The van der Waals surface area contributed by atoms with Gasteiger partial charge in [-0.3, -0.25) is 4.79 Å². The summed E-state index contributed by atoms with van der Waals surface area (Å²) in [5.74, 6) is 1.12. The molecule has 0 saturated heterocycles. The molecule has 4 nitrogen and oxygen atoms in total. The molecule has 1 aromatic heterocycles. The fraction of sp³-hybridized carbons (Fsp3) is 0.429. The molecule has 0 fully saturated rings. The molecule has 130 valence electrons. The molecule has 2 heterocycles. The number of aromatic nitrogens is 1. The average Bonchev–Trinajstić information content (AvgIpc) is 3.03. The maximum atomic E-state index is 11.9. The van der Waals surface area contributed by atoms with Crippen LogP contribution in [0.2, 0.25) is 0 Å². The maximum absolute atomic E-state index is 11.9. The smallest absolute Gasteiger partial charge is 0.219 e. The summed E-state index contributed by atoms with van der Waals surface area (Å²) in [5.41, 5.74) is 3.52. The van der Waals surface area contributed by atoms with E-state index < -0.39 is 0 Å². The van der Waals surface area contributed by atoms with Gasteiger partial charge in [0.15, 0.2) is 0 Å². The topological polar surface area (TPSA) is 46.3 Å². The SMILES string of the molecule is CC(=O)N1CC=C2[C@@](C)(Cc3cnoc3[C@@]2(C)Cc2ccccc2)C1. The first-order chi connectivity index (χ1) is 11.9. The monoisotopic (exact) mass is 336 g/mol. The summed E-state index contributed by atoms with van der Waals surface area (Å²) in [6.45, 7) is 7.61. The van der Waals surface area contributed by atoms with Gasteiger partial charge in [-0.25, -0.2) is 0 Å². The molecule has 4 heteroatoms. The summed E-state index contributed by atoms with van der Waals surface area (Å²) < 4.78 is 5.74. The van der Waals surface area contributed by atoms with E-state index in [-0.39, 0.29) is 16.7 Å². The first kappa shape index (κ1) is 16.1. The van der Waals surface area contributed by atoms with E-state index in [2.05, 4.69) is 49.3 Å². The van der Waals surface area contributed by atoms with E-state index in [1.54, 1.807) is 6.92 Å². The number of amides is 1. The number of nitrogens with zero attached hydrogens (tertiary/aromatic N) is 2. The fourth-order valence-electron chi connectivity index (χ4n) is 4.86. The third kappa shape index (κ3) is 2.51. The predicted molar refractivity (Wildman–Crippen MR) is 96.1 cm³/mol. The minimum absolute atomic E-state index is 0.0774. The molecule has 2 aliphatic rings. The van der Waals surface area contributed by atoms with Crippen molar-refractivity contribution in [2.75, 3.05) is 13.1 Å². The maximum Gasteiger partial charge on any atom is 0.219 e. The Hall–Kier alpha value is -2.36. The highest BCUT2D eigenvalue weighted by Crippen LogP contribution is 2.53. The third-order valence-corrected chi connectivity index (χ3v) is 5.87. The van der Waals surface area contributed by atoms with Crippen molar-refractivity contribution in [1.82, 2.24) is 10.1 Å². The van der Waals surface area contributed by atoms with Crippen LogP contribution in [-0.2, 0) is 23.1 Å². The van der Waals surface area contributed by atoms with E-state index in [0.717, 1.165) is 25.1 Å². The van der Waals surface area contributed by atoms with Gasteiger partial charge in [0.1, 0.15) is 5.76 Å². The van der Waals surface area contributed by atoms with Crippen molar-refractivity contribution < 1.29 is 9.32 Å². The highest BCUT2D eigenvalue weighted by atomic mass is 16.5. The van der Waals surface area contributed by atoms with Crippen LogP contribution in [0.1, 0.15) is 37.7 Å². The Balaban J connectivity index is 1.82. The van der Waals surface area contributed by atoms with Gasteiger partial charge in [0.2, 0.25) is 5.91 Å². The van der Waals surface area contributed by atoms with Gasteiger partial charge in [-0.15, -0.1) is 0 Å². The van der Waals surface area contributed by atoms with E-state index in [1.807, 2.05) is 17.2 Å².